The van der Waals surface area contributed by atoms with E-state index in [1.54, 1.807) is 31.2 Å². The van der Waals surface area contributed by atoms with Gasteiger partial charge in [-0.05, 0) is 59.3 Å². The Kier molecular flexibility index (Phi) is 4.84. The second-order valence-corrected chi connectivity index (χ2v) is 9.12. The lowest BCUT2D eigenvalue weighted by atomic mass is 9.77. The number of amides is 1. The van der Waals surface area contributed by atoms with Crippen LogP contribution in [0.4, 0.5) is 8.78 Å². The number of halogens is 2. The Morgan fingerprint density at radius 3 is 2.68 bits per heavy atom. The van der Waals surface area contributed by atoms with Crippen LogP contribution in [0.3, 0.4) is 0 Å². The zero-order valence-corrected chi connectivity index (χ0v) is 18.9. The van der Waals surface area contributed by atoms with Crippen LogP contribution in [0.25, 0.3) is 11.1 Å². The van der Waals surface area contributed by atoms with E-state index in [-0.39, 0.29) is 23.4 Å². The van der Waals surface area contributed by atoms with E-state index < -0.39 is 17.8 Å². The van der Waals surface area contributed by atoms with E-state index >= 15 is 0 Å². The molecule has 1 aromatic heterocycles. The summed E-state index contributed by atoms with van der Waals surface area (Å²) in [6, 6.07) is 15.5. The minimum Gasteiger partial charge on any atom is -0.395 e. The van der Waals surface area contributed by atoms with Crippen molar-refractivity contribution in [3.8, 4) is 28.7 Å². The Hall–Kier alpha value is -3.97. The summed E-state index contributed by atoms with van der Waals surface area (Å²) in [4.78, 5) is 20.1. The molecule has 3 aromatic rings. The summed E-state index contributed by atoms with van der Waals surface area (Å²) in [5.41, 5.74) is 7.66. The molecule has 2 atom stereocenters. The lowest BCUT2D eigenvalue weighted by Gasteiger charge is -2.40. The summed E-state index contributed by atoms with van der Waals surface area (Å²) in [5.74, 6) is -1.39. The van der Waals surface area contributed by atoms with Crippen molar-refractivity contribution in [1.29, 1.82) is 5.26 Å². The lowest BCUT2D eigenvalue weighted by Crippen LogP contribution is -2.52. The van der Waals surface area contributed by atoms with E-state index in [2.05, 4.69) is 20.5 Å². The molecule has 3 heterocycles. The highest BCUT2D eigenvalue weighted by Gasteiger charge is 2.49. The Balaban J connectivity index is 1.61. The molecule has 2 aromatic carbocycles. The fourth-order valence-corrected chi connectivity index (χ4v) is 5.31. The zero-order valence-electron chi connectivity index (χ0n) is 18.1. The number of aliphatic imine (C=N–C) groups is 1. The number of ether oxygens (including phenoxy) is 2. The summed E-state index contributed by atoms with van der Waals surface area (Å²) < 4.78 is 36.2. The first kappa shape index (κ1) is 21.9. The average Bonchev–Trinajstić information content (AvgIpc) is 3.41. The van der Waals surface area contributed by atoms with E-state index in [1.807, 2.05) is 17.5 Å². The van der Waals surface area contributed by atoms with Crippen molar-refractivity contribution in [1.82, 2.24) is 4.90 Å². The van der Waals surface area contributed by atoms with Crippen LogP contribution in [0.2, 0.25) is 0 Å². The third-order valence-corrected chi connectivity index (χ3v) is 7.17. The van der Waals surface area contributed by atoms with E-state index in [0.29, 0.717) is 11.1 Å². The second-order valence-electron chi connectivity index (χ2n) is 8.21. The van der Waals surface area contributed by atoms with Crippen LogP contribution in [0, 0.1) is 11.3 Å². The number of benzene rings is 2. The first-order valence-corrected chi connectivity index (χ1v) is 11.1. The van der Waals surface area contributed by atoms with Gasteiger partial charge < -0.3 is 15.2 Å². The third-order valence-electron chi connectivity index (χ3n) is 6.01. The zero-order chi connectivity index (χ0) is 24.3. The van der Waals surface area contributed by atoms with E-state index in [1.165, 1.54) is 35.4 Å². The van der Waals surface area contributed by atoms with Crippen LogP contribution in [0.1, 0.15) is 28.8 Å². The molecule has 5 rings (SSSR count). The number of carbonyl (C=O) groups is 1. The van der Waals surface area contributed by atoms with Gasteiger partial charge in [0.2, 0.25) is 5.91 Å². The maximum absolute atomic E-state index is 13.6. The Bertz CT molecular complexity index is 1400. The van der Waals surface area contributed by atoms with Gasteiger partial charge in [-0.2, -0.15) is 5.26 Å². The van der Waals surface area contributed by atoms with Gasteiger partial charge in [-0.15, -0.1) is 20.1 Å². The largest absolute Gasteiger partial charge is 0.586 e. The van der Waals surface area contributed by atoms with Crippen LogP contribution in [0.15, 0.2) is 58.9 Å². The number of carbonyl (C=O) groups excluding carboxylic acids is 1. The number of hydrogen-bond acceptors (Lipinski definition) is 7. The molecular formula is C24H18F2N4O3S. The third kappa shape index (κ3) is 3.45. The summed E-state index contributed by atoms with van der Waals surface area (Å²) in [5, 5.41) is 11.1. The van der Waals surface area contributed by atoms with Gasteiger partial charge in [0, 0.05) is 11.9 Å². The van der Waals surface area contributed by atoms with Gasteiger partial charge >= 0.3 is 6.29 Å². The first-order chi connectivity index (χ1) is 16.1. The molecule has 0 fully saturated rings. The molecule has 34 heavy (non-hydrogen) atoms. The van der Waals surface area contributed by atoms with Crippen LogP contribution >= 0.6 is 11.3 Å². The SMILES string of the molecule is CN1C(=O)[C@H](c2ccc3c(c2)OC(F)(F)O3)[C@@](C)(c2cc(-c3cccc(C#N)c3)cs2)N=C1N. The molecule has 0 radical (unpaired) electrons. The van der Waals surface area contributed by atoms with Gasteiger partial charge in [0.1, 0.15) is 5.54 Å². The summed E-state index contributed by atoms with van der Waals surface area (Å²) in [6.07, 6.45) is -3.76. The molecular weight excluding hydrogens is 462 g/mol. The number of nitriles is 1. The van der Waals surface area contributed by atoms with E-state index in [4.69, 9.17) is 5.73 Å². The molecule has 172 valence electrons. The van der Waals surface area contributed by atoms with Gasteiger partial charge in [0.15, 0.2) is 17.5 Å². The molecule has 0 saturated carbocycles. The lowest BCUT2D eigenvalue weighted by molar-refractivity contribution is -0.286. The smallest absolute Gasteiger partial charge is 0.395 e. The molecule has 1 amide bonds. The van der Waals surface area contributed by atoms with Crippen LogP contribution in [0.5, 0.6) is 11.5 Å². The summed E-state index contributed by atoms with van der Waals surface area (Å²) in [6.45, 7) is 1.79. The van der Waals surface area contributed by atoms with Crippen molar-refractivity contribution >= 4 is 23.2 Å². The van der Waals surface area contributed by atoms with Crippen molar-refractivity contribution in [2.45, 2.75) is 24.7 Å². The topological polar surface area (TPSA) is 101 Å². The highest BCUT2D eigenvalue weighted by Crippen LogP contribution is 2.49. The second kappa shape index (κ2) is 7.53. The summed E-state index contributed by atoms with van der Waals surface area (Å²) >= 11 is 1.40. The Labute approximate surface area is 197 Å². The average molecular weight is 480 g/mol. The number of alkyl halides is 2. The maximum atomic E-state index is 13.6. The quantitative estimate of drug-likeness (QED) is 0.599. The number of nitrogens with zero attached hydrogens (tertiary/aromatic N) is 3. The highest BCUT2D eigenvalue weighted by atomic mass is 32.1. The predicted molar refractivity (Wildman–Crippen MR) is 122 cm³/mol. The molecule has 0 unspecified atom stereocenters. The molecule has 2 N–H and O–H groups in total. The van der Waals surface area contributed by atoms with Crippen molar-refractivity contribution < 1.29 is 23.0 Å². The molecule has 0 spiro atoms. The predicted octanol–water partition coefficient (Wildman–Crippen LogP) is 4.39. The number of hydrogen-bond donors (Lipinski definition) is 1. The Morgan fingerprint density at radius 1 is 1.15 bits per heavy atom. The van der Waals surface area contributed by atoms with Gasteiger partial charge in [0.25, 0.3) is 0 Å². The van der Waals surface area contributed by atoms with Gasteiger partial charge in [-0.1, -0.05) is 18.2 Å². The van der Waals surface area contributed by atoms with Crippen molar-refractivity contribution in [3.63, 3.8) is 0 Å². The molecule has 0 aliphatic carbocycles. The van der Waals surface area contributed by atoms with Crippen LogP contribution < -0.4 is 15.2 Å². The summed E-state index contributed by atoms with van der Waals surface area (Å²) in [7, 11) is 1.52. The number of nitrogens with two attached hydrogens (primary N) is 1. The van der Waals surface area contributed by atoms with Crippen molar-refractivity contribution in [3.05, 3.63) is 69.9 Å². The molecule has 2 aliphatic rings. The molecule has 2 aliphatic heterocycles. The van der Waals surface area contributed by atoms with Crippen molar-refractivity contribution in [2.75, 3.05) is 7.05 Å². The number of rotatable bonds is 3. The van der Waals surface area contributed by atoms with Gasteiger partial charge in [-0.25, -0.2) is 4.99 Å². The number of likely N-dealkylation sites (N-methyl/N-ethyl adjacent to an activating group) is 1. The van der Waals surface area contributed by atoms with E-state index in [0.717, 1.165) is 16.0 Å². The fourth-order valence-electron chi connectivity index (χ4n) is 4.26. The number of fused-ring (bicyclic) bond motifs is 1. The van der Waals surface area contributed by atoms with E-state index in [9.17, 15) is 18.8 Å². The van der Waals surface area contributed by atoms with Gasteiger partial charge in [-0.3, -0.25) is 9.69 Å². The highest BCUT2D eigenvalue weighted by molar-refractivity contribution is 7.10. The first-order valence-electron chi connectivity index (χ1n) is 10.2. The van der Waals surface area contributed by atoms with Crippen molar-refractivity contribution in [2.24, 2.45) is 10.7 Å². The molecule has 0 bridgehead atoms. The van der Waals surface area contributed by atoms with Crippen LogP contribution in [-0.4, -0.2) is 30.1 Å². The minimum absolute atomic E-state index is 0.0532. The normalized spacial score (nSPS) is 22.9. The Morgan fingerprint density at radius 2 is 1.91 bits per heavy atom. The minimum atomic E-state index is -3.76. The van der Waals surface area contributed by atoms with Crippen LogP contribution in [-0.2, 0) is 10.3 Å². The fraction of sp³-hybridized carbons (Fsp3) is 0.208. The van der Waals surface area contributed by atoms with Gasteiger partial charge in [0.05, 0.1) is 17.6 Å². The number of guanidine groups is 1. The molecule has 10 heteroatoms. The molecule has 7 nitrogen and oxygen atoms in total. The maximum Gasteiger partial charge on any atom is 0.586 e. The standard InChI is InChI=1S/C24H18F2N4O3S/c1-23(19-10-16(12-34-19)14-5-3-4-13(8-14)11-27)20(21(31)30(2)22(28)29-23)15-6-7-17-18(9-15)33-24(25,26)32-17/h3-10,12,20H,1-2H3,(H2,28,29)/t20-,23+/m0/s1. The molecule has 0 saturated heterocycles. The monoisotopic (exact) mass is 480 g/mol. The number of thiophene rings is 1.